The predicted molar refractivity (Wildman–Crippen MR) is 114 cm³/mol. The van der Waals surface area contributed by atoms with Crippen molar-refractivity contribution in [1.82, 2.24) is 4.31 Å². The molecule has 3 rings (SSSR count). The van der Waals surface area contributed by atoms with Crippen molar-refractivity contribution >= 4 is 10.0 Å². The molecular formula is C23H29NO4S. The molecule has 0 spiro atoms. The number of rotatable bonds is 6. The van der Waals surface area contributed by atoms with E-state index in [1.54, 1.807) is 32.4 Å². The molecule has 6 heteroatoms. The van der Waals surface area contributed by atoms with Crippen LogP contribution in [0.5, 0.6) is 5.75 Å². The topological polar surface area (TPSA) is 55.8 Å². The molecule has 2 aromatic carbocycles. The fourth-order valence-electron chi connectivity index (χ4n) is 3.68. The van der Waals surface area contributed by atoms with Crippen molar-refractivity contribution in [2.75, 3.05) is 7.11 Å². The minimum absolute atomic E-state index is 0.279. The molecule has 0 N–H and O–H groups in total. The lowest BCUT2D eigenvalue weighted by molar-refractivity contribution is 0.0285. The zero-order valence-electron chi connectivity index (χ0n) is 17.6. The lowest BCUT2D eigenvalue weighted by atomic mass is 9.93. The van der Waals surface area contributed by atoms with E-state index < -0.39 is 16.1 Å². The maximum absolute atomic E-state index is 13.6. The summed E-state index contributed by atoms with van der Waals surface area (Å²) in [6, 6.07) is 14.2. The fourth-order valence-corrected chi connectivity index (χ4v) is 5.24. The van der Waals surface area contributed by atoms with Gasteiger partial charge in [-0.1, -0.05) is 49.7 Å². The molecule has 0 aromatic heterocycles. The number of nitrogens with zero attached hydrogens (tertiary/aromatic N) is 1. The first-order valence-electron chi connectivity index (χ1n) is 9.82. The first-order valence-corrected chi connectivity index (χ1v) is 11.3. The first-order chi connectivity index (χ1) is 13.7. The number of ether oxygens (including phenoxy) is 2. The SMILES string of the molecule is COc1ccccc1[C@@H]1OC(C)=CN(S(=O)(=O)c2ccc(C)cc2)[C@@H]1CC(C)C. The molecule has 1 aliphatic heterocycles. The molecule has 0 saturated carbocycles. The van der Waals surface area contributed by atoms with E-state index in [1.165, 1.54) is 4.31 Å². The van der Waals surface area contributed by atoms with Gasteiger partial charge in [0.25, 0.3) is 10.0 Å². The van der Waals surface area contributed by atoms with Crippen LogP contribution in [-0.4, -0.2) is 25.9 Å². The van der Waals surface area contributed by atoms with Gasteiger partial charge in [0.2, 0.25) is 0 Å². The van der Waals surface area contributed by atoms with Crippen molar-refractivity contribution in [3.05, 3.63) is 71.6 Å². The van der Waals surface area contributed by atoms with Gasteiger partial charge in [0, 0.05) is 5.56 Å². The average molecular weight is 416 g/mol. The first kappa shape index (κ1) is 21.2. The predicted octanol–water partition coefficient (Wildman–Crippen LogP) is 5.04. The third-order valence-electron chi connectivity index (χ3n) is 5.05. The Kier molecular flexibility index (Phi) is 6.22. The largest absolute Gasteiger partial charge is 0.496 e. The summed E-state index contributed by atoms with van der Waals surface area (Å²) in [7, 11) is -2.12. The smallest absolute Gasteiger partial charge is 0.264 e. The van der Waals surface area contributed by atoms with Gasteiger partial charge in [-0.2, -0.15) is 0 Å². The molecule has 29 heavy (non-hydrogen) atoms. The second-order valence-electron chi connectivity index (χ2n) is 7.87. The van der Waals surface area contributed by atoms with Crippen LogP contribution in [0.1, 0.15) is 44.4 Å². The lowest BCUT2D eigenvalue weighted by Crippen LogP contribution is -2.44. The van der Waals surface area contributed by atoms with Crippen LogP contribution < -0.4 is 4.74 Å². The van der Waals surface area contributed by atoms with Gasteiger partial charge in [-0.3, -0.25) is 4.31 Å². The second-order valence-corrected chi connectivity index (χ2v) is 9.71. The van der Waals surface area contributed by atoms with Crippen LogP contribution in [0.4, 0.5) is 0 Å². The summed E-state index contributed by atoms with van der Waals surface area (Å²) >= 11 is 0. The van der Waals surface area contributed by atoms with Gasteiger partial charge in [0.1, 0.15) is 17.6 Å². The molecule has 0 aliphatic carbocycles. The Morgan fingerprint density at radius 2 is 1.72 bits per heavy atom. The number of methoxy groups -OCH3 is 1. The summed E-state index contributed by atoms with van der Waals surface area (Å²) < 4.78 is 40.3. The molecular weight excluding hydrogens is 386 g/mol. The third-order valence-corrected chi connectivity index (χ3v) is 6.85. The molecule has 2 aromatic rings. The highest BCUT2D eigenvalue weighted by atomic mass is 32.2. The van der Waals surface area contributed by atoms with Crippen LogP contribution >= 0.6 is 0 Å². The number of sulfonamides is 1. The maximum atomic E-state index is 13.6. The number of para-hydroxylation sites is 1. The molecule has 156 valence electrons. The highest BCUT2D eigenvalue weighted by Gasteiger charge is 2.40. The Bertz CT molecular complexity index is 980. The minimum Gasteiger partial charge on any atom is -0.496 e. The van der Waals surface area contributed by atoms with E-state index in [0.717, 1.165) is 11.1 Å². The Morgan fingerprint density at radius 3 is 2.34 bits per heavy atom. The molecule has 5 nitrogen and oxygen atoms in total. The van der Waals surface area contributed by atoms with Gasteiger partial charge in [0.05, 0.1) is 24.2 Å². The number of aryl methyl sites for hydroxylation is 1. The van der Waals surface area contributed by atoms with Gasteiger partial charge in [-0.15, -0.1) is 0 Å². The average Bonchev–Trinajstić information content (AvgIpc) is 2.69. The zero-order chi connectivity index (χ0) is 21.2. The van der Waals surface area contributed by atoms with Crippen LogP contribution in [-0.2, 0) is 14.8 Å². The highest BCUT2D eigenvalue weighted by Crippen LogP contribution is 2.41. The standard InChI is InChI=1S/C23H29NO4S/c1-16(2)14-21-23(20-8-6-7-9-22(20)27-5)28-18(4)15-24(21)29(25,26)19-12-10-17(3)11-13-19/h6-13,15-16,21,23H,14H2,1-5H3/t21-,23+/m1/s1. The van der Waals surface area contributed by atoms with E-state index in [9.17, 15) is 8.42 Å². The van der Waals surface area contributed by atoms with E-state index in [2.05, 4.69) is 13.8 Å². The van der Waals surface area contributed by atoms with Gasteiger partial charge in [0.15, 0.2) is 0 Å². The maximum Gasteiger partial charge on any atom is 0.264 e. The summed E-state index contributed by atoms with van der Waals surface area (Å²) in [5, 5.41) is 0. The molecule has 0 bridgehead atoms. The summed E-state index contributed by atoms with van der Waals surface area (Å²) in [5.74, 6) is 1.52. The summed E-state index contributed by atoms with van der Waals surface area (Å²) in [4.78, 5) is 0.279. The molecule has 2 atom stereocenters. The molecule has 0 unspecified atom stereocenters. The van der Waals surface area contributed by atoms with E-state index in [-0.39, 0.29) is 16.9 Å². The van der Waals surface area contributed by atoms with E-state index in [4.69, 9.17) is 9.47 Å². The van der Waals surface area contributed by atoms with E-state index in [1.807, 2.05) is 43.3 Å². The van der Waals surface area contributed by atoms with Gasteiger partial charge in [-0.05, 0) is 44.4 Å². The number of hydrogen-bond donors (Lipinski definition) is 0. The van der Waals surface area contributed by atoms with Crippen LogP contribution in [0.25, 0.3) is 0 Å². The van der Waals surface area contributed by atoms with Crippen molar-refractivity contribution in [1.29, 1.82) is 0 Å². The quantitative estimate of drug-likeness (QED) is 0.663. The summed E-state index contributed by atoms with van der Waals surface area (Å²) in [5.41, 5.74) is 1.86. The van der Waals surface area contributed by atoms with Gasteiger partial charge >= 0.3 is 0 Å². The number of hydrogen-bond acceptors (Lipinski definition) is 4. The summed E-state index contributed by atoms with van der Waals surface area (Å²) in [6.07, 6.45) is 1.80. The number of benzene rings is 2. The van der Waals surface area contributed by atoms with Crippen LogP contribution in [0.2, 0.25) is 0 Å². The lowest BCUT2D eigenvalue weighted by Gasteiger charge is -2.41. The van der Waals surface area contributed by atoms with E-state index >= 15 is 0 Å². The molecule has 0 amide bonds. The fraction of sp³-hybridized carbons (Fsp3) is 0.391. The van der Waals surface area contributed by atoms with Crippen molar-refractivity contribution in [2.24, 2.45) is 5.92 Å². The third kappa shape index (κ3) is 4.42. The zero-order valence-corrected chi connectivity index (χ0v) is 18.4. The van der Waals surface area contributed by atoms with Crippen LogP contribution in [0.15, 0.2) is 65.4 Å². The number of allylic oxidation sites excluding steroid dienone is 1. The Hall–Kier alpha value is -2.47. The van der Waals surface area contributed by atoms with Crippen LogP contribution in [0, 0.1) is 12.8 Å². The van der Waals surface area contributed by atoms with Gasteiger partial charge in [-0.25, -0.2) is 8.42 Å². The van der Waals surface area contributed by atoms with Crippen molar-refractivity contribution in [3.63, 3.8) is 0 Å². The highest BCUT2D eigenvalue weighted by molar-refractivity contribution is 7.89. The van der Waals surface area contributed by atoms with Crippen LogP contribution in [0.3, 0.4) is 0 Å². The van der Waals surface area contributed by atoms with Gasteiger partial charge < -0.3 is 9.47 Å². The molecule has 0 radical (unpaired) electrons. The summed E-state index contributed by atoms with van der Waals surface area (Å²) in [6.45, 7) is 7.89. The Morgan fingerprint density at radius 1 is 1.07 bits per heavy atom. The molecule has 1 aliphatic rings. The van der Waals surface area contributed by atoms with E-state index in [0.29, 0.717) is 17.9 Å². The van der Waals surface area contributed by atoms with Crippen molar-refractivity contribution in [3.8, 4) is 5.75 Å². The van der Waals surface area contributed by atoms with Crippen molar-refractivity contribution < 1.29 is 17.9 Å². The Labute approximate surface area is 174 Å². The molecule has 1 heterocycles. The Balaban J connectivity index is 2.12. The molecule has 0 fully saturated rings. The monoisotopic (exact) mass is 415 g/mol. The molecule has 0 saturated heterocycles. The minimum atomic E-state index is -3.73. The van der Waals surface area contributed by atoms with Crippen molar-refractivity contribution in [2.45, 2.75) is 51.2 Å². The second kappa shape index (κ2) is 8.49. The normalized spacial score (nSPS) is 19.7.